The monoisotopic (exact) mass is 338 g/mol. The molecule has 0 heterocycles. The third kappa shape index (κ3) is 6.45. The van der Waals surface area contributed by atoms with Gasteiger partial charge in [0.15, 0.2) is 18.0 Å². The molecule has 0 aliphatic heterocycles. The van der Waals surface area contributed by atoms with Gasteiger partial charge < -0.3 is 24.6 Å². The molecule has 134 valence electrons. The van der Waals surface area contributed by atoms with Crippen molar-refractivity contribution in [1.29, 1.82) is 0 Å². The molecule has 0 aliphatic carbocycles. The molecule has 0 saturated carbocycles. The maximum absolute atomic E-state index is 11.8. The third-order valence-corrected chi connectivity index (χ3v) is 3.69. The zero-order valence-electron chi connectivity index (χ0n) is 15.1. The smallest absolute Gasteiger partial charge is 0.275 e. The number of nitrogens with one attached hydrogen (secondary N) is 2. The van der Waals surface area contributed by atoms with Crippen molar-refractivity contribution >= 4 is 11.8 Å². The van der Waals surface area contributed by atoms with Gasteiger partial charge in [-0.15, -0.1) is 0 Å². The molecule has 1 rings (SSSR count). The van der Waals surface area contributed by atoms with Gasteiger partial charge in [0.25, 0.3) is 5.91 Å². The summed E-state index contributed by atoms with van der Waals surface area (Å²) < 4.78 is 10.5. The molecule has 1 unspecified atom stereocenters. The van der Waals surface area contributed by atoms with E-state index in [2.05, 4.69) is 5.32 Å². The molecular weight excluding hydrogens is 310 g/mol. The number of hydrogen-bond acceptors (Lipinski definition) is 4. The molecule has 0 spiro atoms. The van der Waals surface area contributed by atoms with Crippen LogP contribution in [-0.4, -0.2) is 71.7 Å². The van der Waals surface area contributed by atoms with E-state index in [4.69, 9.17) is 9.47 Å². The number of nitrogens with zero attached hydrogens (tertiary/aromatic N) is 1. The average molecular weight is 338 g/mol. The van der Waals surface area contributed by atoms with Crippen molar-refractivity contribution in [3.8, 4) is 11.5 Å². The molecular formula is C17H28N3O4+. The number of hydrogen-bond donors (Lipinski definition) is 2. The lowest BCUT2D eigenvalue weighted by atomic mass is 10.1. The van der Waals surface area contributed by atoms with Crippen LogP contribution in [0.5, 0.6) is 11.5 Å². The molecule has 1 atom stereocenters. The number of carbonyl (C=O) groups excluding carboxylic acids is 2. The summed E-state index contributed by atoms with van der Waals surface area (Å²) in [6.45, 7) is 1.16. The van der Waals surface area contributed by atoms with Crippen molar-refractivity contribution in [2.24, 2.45) is 0 Å². The van der Waals surface area contributed by atoms with Gasteiger partial charge in [0.05, 0.1) is 34.4 Å². The molecule has 1 aromatic rings. The van der Waals surface area contributed by atoms with Crippen LogP contribution in [0.1, 0.15) is 5.56 Å². The van der Waals surface area contributed by atoms with E-state index in [1.54, 1.807) is 28.3 Å². The molecule has 0 radical (unpaired) electrons. The van der Waals surface area contributed by atoms with Crippen molar-refractivity contribution in [2.75, 3.05) is 55.0 Å². The van der Waals surface area contributed by atoms with Gasteiger partial charge in [-0.3, -0.25) is 9.59 Å². The highest BCUT2D eigenvalue weighted by atomic mass is 16.5. The summed E-state index contributed by atoms with van der Waals surface area (Å²) in [4.78, 5) is 25.8. The largest absolute Gasteiger partial charge is 0.493 e. The zero-order chi connectivity index (χ0) is 18.1. The van der Waals surface area contributed by atoms with E-state index in [1.807, 2.05) is 25.2 Å². The van der Waals surface area contributed by atoms with Gasteiger partial charge in [-0.05, 0) is 17.7 Å². The lowest BCUT2D eigenvalue weighted by molar-refractivity contribution is -0.870. The molecule has 7 nitrogen and oxygen atoms in total. The quantitative estimate of drug-likeness (QED) is 0.604. The Morgan fingerprint density at radius 3 is 2.42 bits per heavy atom. The lowest BCUT2D eigenvalue weighted by Crippen LogP contribution is -3.10. The highest BCUT2D eigenvalue weighted by molar-refractivity contribution is 5.84. The summed E-state index contributed by atoms with van der Waals surface area (Å²) in [7, 11) is 8.49. The van der Waals surface area contributed by atoms with Crippen LogP contribution in [0, 0.1) is 0 Å². The van der Waals surface area contributed by atoms with Crippen LogP contribution in [0.15, 0.2) is 18.2 Å². The molecule has 24 heavy (non-hydrogen) atoms. The number of methoxy groups -OCH3 is 2. The first-order valence-corrected chi connectivity index (χ1v) is 7.86. The average Bonchev–Trinajstić information content (AvgIpc) is 2.57. The Balaban J connectivity index is 2.41. The van der Waals surface area contributed by atoms with Crippen LogP contribution < -0.4 is 19.7 Å². The van der Waals surface area contributed by atoms with E-state index in [-0.39, 0.29) is 18.4 Å². The van der Waals surface area contributed by atoms with Gasteiger partial charge in [0.1, 0.15) is 0 Å². The number of ether oxygens (including phenoxy) is 2. The van der Waals surface area contributed by atoms with E-state index in [0.29, 0.717) is 18.0 Å². The molecule has 0 saturated heterocycles. The Hall–Kier alpha value is -2.28. The molecule has 7 heteroatoms. The SMILES string of the molecule is COc1ccc(CC[NH+](C)CC(=O)NCC(=O)N(C)C)cc1OC. The second-order valence-corrected chi connectivity index (χ2v) is 5.89. The number of quaternary nitrogens is 1. The molecule has 2 amide bonds. The predicted molar refractivity (Wildman–Crippen MR) is 91.6 cm³/mol. The van der Waals surface area contributed by atoms with E-state index >= 15 is 0 Å². The minimum absolute atomic E-state index is 0.0365. The Morgan fingerprint density at radius 1 is 1.17 bits per heavy atom. The van der Waals surface area contributed by atoms with Crippen LogP contribution in [0.3, 0.4) is 0 Å². The Kier molecular flexibility index (Phi) is 8.05. The van der Waals surface area contributed by atoms with E-state index < -0.39 is 0 Å². The second-order valence-electron chi connectivity index (χ2n) is 5.89. The van der Waals surface area contributed by atoms with Crippen LogP contribution in [0.2, 0.25) is 0 Å². The van der Waals surface area contributed by atoms with Crippen molar-refractivity contribution in [3.05, 3.63) is 23.8 Å². The van der Waals surface area contributed by atoms with Gasteiger partial charge in [-0.25, -0.2) is 0 Å². The topological polar surface area (TPSA) is 72.3 Å². The molecule has 0 fully saturated rings. The Bertz CT molecular complexity index is 561. The van der Waals surface area contributed by atoms with Crippen LogP contribution in [0.25, 0.3) is 0 Å². The fourth-order valence-electron chi connectivity index (χ4n) is 2.15. The van der Waals surface area contributed by atoms with Gasteiger partial charge in [-0.1, -0.05) is 6.07 Å². The second kappa shape index (κ2) is 9.77. The van der Waals surface area contributed by atoms with Gasteiger partial charge >= 0.3 is 0 Å². The number of carbonyl (C=O) groups is 2. The van der Waals surface area contributed by atoms with Gasteiger partial charge in [-0.2, -0.15) is 0 Å². The van der Waals surface area contributed by atoms with Gasteiger partial charge in [0.2, 0.25) is 5.91 Å². The van der Waals surface area contributed by atoms with Crippen molar-refractivity contribution in [1.82, 2.24) is 10.2 Å². The van der Waals surface area contributed by atoms with E-state index in [9.17, 15) is 9.59 Å². The fraction of sp³-hybridized carbons (Fsp3) is 0.529. The molecule has 2 N–H and O–H groups in total. The van der Waals surface area contributed by atoms with Gasteiger partial charge in [0, 0.05) is 20.5 Å². The first-order valence-electron chi connectivity index (χ1n) is 7.86. The maximum atomic E-state index is 11.8. The first-order chi connectivity index (χ1) is 11.4. The fourth-order valence-corrected chi connectivity index (χ4v) is 2.15. The summed E-state index contributed by atoms with van der Waals surface area (Å²) in [6, 6.07) is 5.81. The van der Waals surface area contributed by atoms with Crippen molar-refractivity contribution in [2.45, 2.75) is 6.42 Å². The van der Waals surface area contributed by atoms with Crippen molar-refractivity contribution in [3.63, 3.8) is 0 Å². The van der Waals surface area contributed by atoms with Crippen LogP contribution >= 0.6 is 0 Å². The molecule has 0 aliphatic rings. The van der Waals surface area contributed by atoms with Crippen LogP contribution in [0.4, 0.5) is 0 Å². The Labute approximate surface area is 143 Å². The third-order valence-electron chi connectivity index (χ3n) is 3.69. The summed E-state index contributed by atoms with van der Waals surface area (Å²) in [5, 5.41) is 2.64. The lowest BCUT2D eigenvalue weighted by Gasteiger charge is -2.15. The first kappa shape index (κ1) is 19.8. The molecule has 0 bridgehead atoms. The number of likely N-dealkylation sites (N-methyl/N-ethyl adjacent to an activating group) is 2. The molecule has 1 aromatic carbocycles. The summed E-state index contributed by atoms with van der Waals surface area (Å²) in [5.74, 6) is 1.15. The molecule has 0 aromatic heterocycles. The number of rotatable bonds is 9. The summed E-state index contributed by atoms with van der Waals surface area (Å²) in [6.07, 6.45) is 0.816. The minimum atomic E-state index is -0.130. The number of benzene rings is 1. The normalized spacial score (nSPS) is 11.5. The predicted octanol–water partition coefficient (Wildman–Crippen LogP) is -1.03. The van der Waals surface area contributed by atoms with Crippen LogP contribution in [-0.2, 0) is 16.0 Å². The Morgan fingerprint density at radius 2 is 1.83 bits per heavy atom. The van der Waals surface area contributed by atoms with E-state index in [1.165, 1.54) is 4.90 Å². The highest BCUT2D eigenvalue weighted by Crippen LogP contribution is 2.27. The number of amides is 2. The van der Waals surface area contributed by atoms with Crippen molar-refractivity contribution < 1.29 is 24.0 Å². The minimum Gasteiger partial charge on any atom is -0.493 e. The van der Waals surface area contributed by atoms with E-state index in [0.717, 1.165) is 23.4 Å². The maximum Gasteiger partial charge on any atom is 0.275 e. The summed E-state index contributed by atoms with van der Waals surface area (Å²) in [5.41, 5.74) is 1.12. The standard InChI is InChI=1S/C17H27N3O4/c1-19(2)17(22)11-18-16(21)12-20(3)9-8-13-6-7-14(23-4)15(10-13)24-5/h6-7,10H,8-9,11-12H2,1-5H3,(H,18,21)/p+1. The zero-order valence-corrected chi connectivity index (χ0v) is 15.1. The highest BCUT2D eigenvalue weighted by Gasteiger charge is 2.13. The summed E-state index contributed by atoms with van der Waals surface area (Å²) >= 11 is 0.